The zero-order valence-corrected chi connectivity index (χ0v) is 12.0. The van der Waals surface area contributed by atoms with Crippen molar-refractivity contribution in [3.8, 4) is 6.07 Å². The summed E-state index contributed by atoms with van der Waals surface area (Å²) in [5.41, 5.74) is 8.45. The number of hydrogen-bond donors (Lipinski definition) is 1. The molecule has 90 valence electrons. The van der Waals surface area contributed by atoms with E-state index in [2.05, 4.69) is 22.0 Å². The maximum Gasteiger partial charge on any atom is 0.0994 e. The van der Waals surface area contributed by atoms with E-state index in [1.54, 1.807) is 11.8 Å². The van der Waals surface area contributed by atoms with Gasteiger partial charge in [-0.15, -0.1) is 11.8 Å². The van der Waals surface area contributed by atoms with Gasteiger partial charge in [0.15, 0.2) is 0 Å². The first kappa shape index (κ1) is 13.0. The van der Waals surface area contributed by atoms with Crippen molar-refractivity contribution in [3.05, 3.63) is 58.1 Å². The molecule has 2 rings (SSSR count). The largest absolute Gasteiger partial charge is 0.398 e. The van der Waals surface area contributed by atoms with Crippen molar-refractivity contribution < 1.29 is 0 Å². The molecule has 0 radical (unpaired) electrons. The molecule has 2 aromatic carbocycles. The van der Waals surface area contributed by atoms with Gasteiger partial charge in [-0.05, 0) is 29.8 Å². The Labute approximate surface area is 119 Å². The normalized spacial score (nSPS) is 10.0. The van der Waals surface area contributed by atoms with Crippen molar-refractivity contribution in [2.45, 2.75) is 10.6 Å². The molecule has 18 heavy (non-hydrogen) atoms. The van der Waals surface area contributed by atoms with Crippen LogP contribution < -0.4 is 5.73 Å². The number of thioether (sulfide) groups is 1. The molecule has 2 aromatic rings. The van der Waals surface area contributed by atoms with Crippen molar-refractivity contribution in [2.75, 3.05) is 5.73 Å². The van der Waals surface area contributed by atoms with Crippen molar-refractivity contribution in [1.29, 1.82) is 5.26 Å². The number of rotatable bonds is 3. The van der Waals surface area contributed by atoms with Crippen LogP contribution in [-0.4, -0.2) is 0 Å². The SMILES string of the molecule is N#Cc1ccccc1CSc1ccc(Br)cc1N. The Morgan fingerprint density at radius 3 is 2.72 bits per heavy atom. The summed E-state index contributed by atoms with van der Waals surface area (Å²) in [5, 5.41) is 9.02. The highest BCUT2D eigenvalue weighted by Crippen LogP contribution is 2.30. The lowest BCUT2D eigenvalue weighted by molar-refractivity contribution is 1.34. The Balaban J connectivity index is 2.14. The number of hydrogen-bond acceptors (Lipinski definition) is 3. The van der Waals surface area contributed by atoms with E-state index in [-0.39, 0.29) is 0 Å². The van der Waals surface area contributed by atoms with Gasteiger partial charge >= 0.3 is 0 Å². The van der Waals surface area contributed by atoms with Crippen molar-refractivity contribution >= 4 is 33.4 Å². The molecule has 0 bridgehead atoms. The Morgan fingerprint density at radius 2 is 2.00 bits per heavy atom. The van der Waals surface area contributed by atoms with E-state index in [1.165, 1.54) is 0 Å². The minimum Gasteiger partial charge on any atom is -0.398 e. The molecule has 0 saturated carbocycles. The highest BCUT2D eigenvalue weighted by Gasteiger charge is 2.04. The molecule has 0 aromatic heterocycles. The van der Waals surface area contributed by atoms with Crippen molar-refractivity contribution in [1.82, 2.24) is 0 Å². The molecule has 2 nitrogen and oxygen atoms in total. The standard InChI is InChI=1S/C14H11BrN2S/c15-12-5-6-14(13(17)7-12)18-9-11-4-2-1-3-10(11)8-16/h1-7H,9,17H2. The second-order valence-corrected chi connectivity index (χ2v) is 5.67. The quantitative estimate of drug-likeness (QED) is 0.681. The summed E-state index contributed by atoms with van der Waals surface area (Å²) in [6.07, 6.45) is 0. The molecule has 0 saturated heterocycles. The van der Waals surface area contributed by atoms with Crippen LogP contribution in [0, 0.1) is 11.3 Å². The Bertz CT molecular complexity index is 605. The average molecular weight is 319 g/mol. The topological polar surface area (TPSA) is 49.8 Å². The summed E-state index contributed by atoms with van der Waals surface area (Å²) < 4.78 is 0.974. The van der Waals surface area contributed by atoms with E-state index in [1.807, 2.05) is 42.5 Å². The molecule has 0 spiro atoms. The highest BCUT2D eigenvalue weighted by atomic mass is 79.9. The van der Waals surface area contributed by atoms with Gasteiger partial charge in [0.1, 0.15) is 0 Å². The number of nitrogens with zero attached hydrogens (tertiary/aromatic N) is 1. The first-order valence-electron chi connectivity index (χ1n) is 5.36. The molecule has 0 aliphatic carbocycles. The summed E-state index contributed by atoms with van der Waals surface area (Å²) in [6.45, 7) is 0. The van der Waals surface area contributed by atoms with Crippen LogP contribution in [0.2, 0.25) is 0 Å². The van der Waals surface area contributed by atoms with Gasteiger partial charge in [0.2, 0.25) is 0 Å². The number of nitrogens with two attached hydrogens (primary N) is 1. The zero-order chi connectivity index (χ0) is 13.0. The summed E-state index contributed by atoms with van der Waals surface area (Å²) in [5.74, 6) is 0.746. The zero-order valence-electron chi connectivity index (χ0n) is 9.56. The maximum atomic E-state index is 9.02. The van der Waals surface area contributed by atoms with Crippen LogP contribution in [0.15, 0.2) is 51.8 Å². The van der Waals surface area contributed by atoms with E-state index >= 15 is 0 Å². The first-order valence-corrected chi connectivity index (χ1v) is 7.14. The second-order valence-electron chi connectivity index (χ2n) is 3.74. The molecular weight excluding hydrogens is 308 g/mol. The van der Waals surface area contributed by atoms with Crippen molar-refractivity contribution in [2.24, 2.45) is 0 Å². The number of anilines is 1. The van der Waals surface area contributed by atoms with Crippen LogP contribution in [0.3, 0.4) is 0 Å². The van der Waals surface area contributed by atoms with Crippen LogP contribution in [0.1, 0.15) is 11.1 Å². The summed E-state index contributed by atoms with van der Waals surface area (Å²) in [7, 11) is 0. The Morgan fingerprint density at radius 1 is 1.22 bits per heavy atom. The average Bonchev–Trinajstić information content (AvgIpc) is 2.38. The van der Waals surface area contributed by atoms with E-state index in [4.69, 9.17) is 11.0 Å². The predicted octanol–water partition coefficient (Wildman–Crippen LogP) is 4.20. The first-order chi connectivity index (χ1) is 8.70. The van der Waals surface area contributed by atoms with E-state index in [0.29, 0.717) is 0 Å². The number of nitrogen functional groups attached to an aromatic ring is 1. The highest BCUT2D eigenvalue weighted by molar-refractivity contribution is 9.10. The maximum absolute atomic E-state index is 9.02. The minimum absolute atomic E-state index is 0.723. The van der Waals surface area contributed by atoms with Gasteiger partial charge in [-0.3, -0.25) is 0 Å². The minimum atomic E-state index is 0.723. The van der Waals surface area contributed by atoms with E-state index in [9.17, 15) is 0 Å². The van der Waals surface area contributed by atoms with Crippen LogP contribution in [0.4, 0.5) is 5.69 Å². The number of benzene rings is 2. The molecule has 0 heterocycles. The Kier molecular flexibility index (Phi) is 4.29. The molecule has 0 amide bonds. The van der Waals surface area contributed by atoms with Gasteiger partial charge in [0.25, 0.3) is 0 Å². The number of halogens is 1. The molecule has 0 unspecified atom stereocenters. The third-order valence-electron chi connectivity index (χ3n) is 2.49. The van der Waals surface area contributed by atoms with Gasteiger partial charge in [0, 0.05) is 20.8 Å². The fraction of sp³-hybridized carbons (Fsp3) is 0.0714. The lowest BCUT2D eigenvalue weighted by atomic mass is 10.1. The Hall–Kier alpha value is -1.44. The summed E-state index contributed by atoms with van der Waals surface area (Å²) >= 11 is 5.02. The van der Waals surface area contributed by atoms with E-state index < -0.39 is 0 Å². The fourth-order valence-electron chi connectivity index (χ4n) is 1.56. The van der Waals surface area contributed by atoms with E-state index in [0.717, 1.165) is 31.9 Å². The van der Waals surface area contributed by atoms with Gasteiger partial charge in [-0.2, -0.15) is 5.26 Å². The van der Waals surface area contributed by atoms with Crippen LogP contribution >= 0.6 is 27.7 Å². The van der Waals surface area contributed by atoms with Crippen molar-refractivity contribution in [3.63, 3.8) is 0 Å². The van der Waals surface area contributed by atoms with Crippen LogP contribution in [-0.2, 0) is 5.75 Å². The van der Waals surface area contributed by atoms with Gasteiger partial charge in [-0.1, -0.05) is 34.1 Å². The van der Waals surface area contributed by atoms with Gasteiger partial charge in [-0.25, -0.2) is 0 Å². The molecule has 0 atom stereocenters. The summed E-state index contributed by atoms with van der Waals surface area (Å²) in [6, 6.07) is 15.7. The predicted molar refractivity (Wildman–Crippen MR) is 79.3 cm³/mol. The van der Waals surface area contributed by atoms with Crippen LogP contribution in [0.5, 0.6) is 0 Å². The monoisotopic (exact) mass is 318 g/mol. The smallest absolute Gasteiger partial charge is 0.0994 e. The van der Waals surface area contributed by atoms with Gasteiger partial charge < -0.3 is 5.73 Å². The lowest BCUT2D eigenvalue weighted by Gasteiger charge is -2.07. The number of nitriles is 1. The van der Waals surface area contributed by atoms with Gasteiger partial charge in [0.05, 0.1) is 11.6 Å². The third-order valence-corrected chi connectivity index (χ3v) is 4.12. The fourth-order valence-corrected chi connectivity index (χ4v) is 2.89. The third kappa shape index (κ3) is 3.06. The molecule has 0 aliphatic heterocycles. The van der Waals surface area contributed by atoms with Crippen LogP contribution in [0.25, 0.3) is 0 Å². The summed E-state index contributed by atoms with van der Waals surface area (Å²) in [4.78, 5) is 1.03. The molecule has 0 fully saturated rings. The second kappa shape index (κ2) is 5.94. The molecule has 2 N–H and O–H groups in total. The lowest BCUT2D eigenvalue weighted by Crippen LogP contribution is -1.90. The molecular formula is C14H11BrN2S. The molecule has 0 aliphatic rings. The molecule has 4 heteroatoms.